The predicted molar refractivity (Wildman–Crippen MR) is 117 cm³/mol. The first-order chi connectivity index (χ1) is 15.0. The minimum atomic E-state index is -3.75. The lowest BCUT2D eigenvalue weighted by molar-refractivity contribution is -0.113. The zero-order valence-electron chi connectivity index (χ0n) is 16.3. The van der Waals surface area contributed by atoms with E-state index in [-0.39, 0.29) is 16.6 Å². The van der Waals surface area contributed by atoms with Crippen LogP contribution in [0.3, 0.4) is 0 Å². The van der Waals surface area contributed by atoms with Crippen LogP contribution >= 0.6 is 11.8 Å². The monoisotopic (exact) mass is 457 g/mol. The lowest BCUT2D eigenvalue weighted by Gasteiger charge is -2.10. The SMILES string of the molecule is O=C(CSc1nnnn1-c1ccccc1)Nc1cccc(S(=O)(=O)NC2=NCCC2)c1. The van der Waals surface area contributed by atoms with Gasteiger partial charge in [0.05, 0.1) is 16.3 Å². The number of anilines is 1. The van der Waals surface area contributed by atoms with Gasteiger partial charge in [0.25, 0.3) is 10.0 Å². The molecule has 2 aromatic carbocycles. The van der Waals surface area contributed by atoms with Crippen molar-refractivity contribution in [1.82, 2.24) is 24.9 Å². The van der Waals surface area contributed by atoms with Crippen LogP contribution < -0.4 is 10.0 Å². The van der Waals surface area contributed by atoms with Crippen LogP contribution in [0.1, 0.15) is 12.8 Å². The molecule has 0 spiro atoms. The average Bonchev–Trinajstić information content (AvgIpc) is 3.45. The van der Waals surface area contributed by atoms with E-state index < -0.39 is 10.0 Å². The van der Waals surface area contributed by atoms with Gasteiger partial charge in [-0.05, 0) is 47.2 Å². The molecule has 0 unspecified atom stereocenters. The highest BCUT2D eigenvalue weighted by atomic mass is 32.2. The van der Waals surface area contributed by atoms with E-state index in [2.05, 4.69) is 30.6 Å². The highest BCUT2D eigenvalue weighted by Crippen LogP contribution is 2.20. The van der Waals surface area contributed by atoms with E-state index in [0.29, 0.717) is 29.6 Å². The minimum Gasteiger partial charge on any atom is -0.325 e. The Morgan fingerprint density at radius 1 is 1.13 bits per heavy atom. The van der Waals surface area contributed by atoms with Crippen molar-refractivity contribution in [1.29, 1.82) is 0 Å². The van der Waals surface area contributed by atoms with Gasteiger partial charge in [0.1, 0.15) is 5.84 Å². The Morgan fingerprint density at radius 3 is 2.74 bits per heavy atom. The van der Waals surface area contributed by atoms with Gasteiger partial charge in [-0.2, -0.15) is 4.68 Å². The lowest BCUT2D eigenvalue weighted by Crippen LogP contribution is -2.29. The second kappa shape index (κ2) is 9.27. The van der Waals surface area contributed by atoms with Crippen LogP contribution in [0.5, 0.6) is 0 Å². The molecule has 3 aromatic rings. The van der Waals surface area contributed by atoms with Gasteiger partial charge in [-0.25, -0.2) is 8.42 Å². The topological polar surface area (TPSA) is 131 Å². The molecule has 0 aliphatic carbocycles. The predicted octanol–water partition coefficient (Wildman–Crippen LogP) is 1.86. The minimum absolute atomic E-state index is 0.0548. The van der Waals surface area contributed by atoms with Crippen LogP contribution in [-0.2, 0) is 14.8 Å². The quantitative estimate of drug-likeness (QED) is 0.518. The number of benzene rings is 2. The zero-order valence-corrected chi connectivity index (χ0v) is 17.9. The molecule has 4 rings (SSSR count). The molecule has 1 aliphatic heterocycles. The van der Waals surface area contributed by atoms with Gasteiger partial charge < -0.3 is 5.32 Å². The highest BCUT2D eigenvalue weighted by Gasteiger charge is 2.19. The number of aromatic nitrogens is 4. The number of carbonyl (C=O) groups is 1. The van der Waals surface area contributed by atoms with Crippen LogP contribution in [0.15, 0.2) is 69.6 Å². The Morgan fingerprint density at radius 2 is 1.97 bits per heavy atom. The lowest BCUT2D eigenvalue weighted by atomic mass is 10.3. The summed E-state index contributed by atoms with van der Waals surface area (Å²) in [6, 6.07) is 15.4. The smallest absolute Gasteiger partial charge is 0.262 e. The van der Waals surface area contributed by atoms with Crippen molar-refractivity contribution in [2.24, 2.45) is 4.99 Å². The van der Waals surface area contributed by atoms with Crippen molar-refractivity contribution >= 4 is 39.2 Å². The van der Waals surface area contributed by atoms with Gasteiger partial charge in [0, 0.05) is 18.7 Å². The highest BCUT2D eigenvalue weighted by molar-refractivity contribution is 7.99. The van der Waals surface area contributed by atoms with E-state index in [9.17, 15) is 13.2 Å². The third-order valence-corrected chi connectivity index (χ3v) is 6.63. The molecule has 0 saturated carbocycles. The van der Waals surface area contributed by atoms with Gasteiger partial charge in [-0.1, -0.05) is 36.0 Å². The molecule has 10 nitrogen and oxygen atoms in total. The molecular weight excluding hydrogens is 438 g/mol. The number of sulfonamides is 1. The Hall–Kier alpha value is -3.25. The molecule has 0 bridgehead atoms. The number of carbonyl (C=O) groups excluding carboxylic acids is 1. The maximum atomic E-state index is 12.5. The molecule has 2 N–H and O–H groups in total. The number of tetrazole rings is 1. The van der Waals surface area contributed by atoms with E-state index >= 15 is 0 Å². The molecule has 1 aromatic heterocycles. The maximum Gasteiger partial charge on any atom is 0.262 e. The molecule has 31 heavy (non-hydrogen) atoms. The summed E-state index contributed by atoms with van der Waals surface area (Å²) in [7, 11) is -3.75. The average molecular weight is 458 g/mol. The van der Waals surface area contributed by atoms with Crippen LogP contribution in [0.25, 0.3) is 5.69 Å². The van der Waals surface area contributed by atoms with Crippen LogP contribution in [-0.4, -0.2) is 52.7 Å². The van der Waals surface area contributed by atoms with Crippen LogP contribution in [0.2, 0.25) is 0 Å². The van der Waals surface area contributed by atoms with E-state index in [1.807, 2.05) is 30.3 Å². The molecule has 2 heterocycles. The zero-order chi connectivity index (χ0) is 21.7. The van der Waals surface area contributed by atoms with Gasteiger partial charge in [0.15, 0.2) is 0 Å². The van der Waals surface area contributed by atoms with E-state index in [1.165, 1.54) is 23.9 Å². The number of thioether (sulfide) groups is 1. The van der Waals surface area contributed by atoms with Crippen molar-refractivity contribution in [2.45, 2.75) is 22.9 Å². The number of nitrogens with one attached hydrogen (secondary N) is 2. The fraction of sp³-hybridized carbons (Fsp3) is 0.211. The molecular formula is C19H19N7O3S2. The second-order valence-electron chi connectivity index (χ2n) is 6.61. The third kappa shape index (κ3) is 5.27. The molecule has 0 saturated heterocycles. The fourth-order valence-corrected chi connectivity index (χ4v) is 4.73. The van der Waals surface area contributed by atoms with E-state index in [0.717, 1.165) is 12.1 Å². The first-order valence-corrected chi connectivity index (χ1v) is 11.9. The number of rotatable bonds is 7. The number of hydrogen-bond acceptors (Lipinski definition) is 8. The number of aliphatic imine (C=N–C) groups is 1. The number of nitrogens with zero attached hydrogens (tertiary/aromatic N) is 5. The molecule has 160 valence electrons. The van der Waals surface area contributed by atoms with Crippen molar-refractivity contribution in [3.05, 3.63) is 54.6 Å². The number of amidine groups is 1. The van der Waals surface area contributed by atoms with Crippen molar-refractivity contribution < 1.29 is 13.2 Å². The third-order valence-electron chi connectivity index (χ3n) is 4.33. The Labute approximate surface area is 183 Å². The fourth-order valence-electron chi connectivity index (χ4n) is 2.91. The Balaban J connectivity index is 1.39. The first kappa shape index (κ1) is 21.0. The van der Waals surface area contributed by atoms with E-state index in [4.69, 9.17) is 0 Å². The summed E-state index contributed by atoms with van der Waals surface area (Å²) in [5, 5.41) is 14.8. The van der Waals surface area contributed by atoms with Crippen molar-refractivity contribution in [3.63, 3.8) is 0 Å². The number of para-hydroxylation sites is 1. The summed E-state index contributed by atoms with van der Waals surface area (Å²) >= 11 is 1.18. The largest absolute Gasteiger partial charge is 0.325 e. The molecule has 1 aliphatic rings. The van der Waals surface area contributed by atoms with Crippen LogP contribution in [0.4, 0.5) is 5.69 Å². The number of hydrogen-bond donors (Lipinski definition) is 2. The molecule has 12 heteroatoms. The molecule has 1 amide bonds. The molecule has 0 fully saturated rings. The Kier molecular flexibility index (Phi) is 6.28. The molecule has 0 radical (unpaired) electrons. The second-order valence-corrected chi connectivity index (χ2v) is 9.24. The van der Waals surface area contributed by atoms with E-state index in [1.54, 1.807) is 16.8 Å². The Bertz CT molecular complexity index is 1210. The summed E-state index contributed by atoms with van der Waals surface area (Å²) < 4.78 is 29.1. The van der Waals surface area contributed by atoms with Gasteiger partial charge in [-0.3, -0.25) is 14.5 Å². The van der Waals surface area contributed by atoms with Crippen LogP contribution in [0, 0.1) is 0 Å². The van der Waals surface area contributed by atoms with Gasteiger partial charge in [-0.15, -0.1) is 5.10 Å². The summed E-state index contributed by atoms with van der Waals surface area (Å²) in [5.41, 5.74) is 1.16. The summed E-state index contributed by atoms with van der Waals surface area (Å²) in [5.74, 6) is 0.205. The van der Waals surface area contributed by atoms with Gasteiger partial charge >= 0.3 is 0 Å². The first-order valence-electron chi connectivity index (χ1n) is 9.44. The summed E-state index contributed by atoms with van der Waals surface area (Å²) in [4.78, 5) is 16.6. The van der Waals surface area contributed by atoms with Crippen molar-refractivity contribution in [2.75, 3.05) is 17.6 Å². The van der Waals surface area contributed by atoms with Crippen molar-refractivity contribution in [3.8, 4) is 5.69 Å². The van der Waals surface area contributed by atoms with Gasteiger partial charge in [0.2, 0.25) is 11.1 Å². The normalized spacial score (nSPS) is 13.6. The number of amides is 1. The standard InChI is InChI=1S/C19H19N7O3S2/c27-18(13-30-19-22-24-25-26(19)15-7-2-1-3-8-15)21-14-6-4-9-16(12-14)31(28,29)23-17-10-5-11-20-17/h1-4,6-9,12H,5,10-11,13H2,(H,20,23)(H,21,27). The summed E-state index contributed by atoms with van der Waals surface area (Å²) in [6.07, 6.45) is 1.44. The summed E-state index contributed by atoms with van der Waals surface area (Å²) in [6.45, 7) is 0.624. The molecule has 0 atom stereocenters. The maximum absolute atomic E-state index is 12.5.